The number of piperidine rings is 1. The molecule has 1 aliphatic carbocycles. The summed E-state index contributed by atoms with van der Waals surface area (Å²) in [4.78, 5) is 36.2. The second kappa shape index (κ2) is 10.4. The lowest BCUT2D eigenvalue weighted by Crippen LogP contribution is -2.56. The quantitative estimate of drug-likeness (QED) is 0.722. The van der Waals surface area contributed by atoms with Crippen molar-refractivity contribution in [2.24, 2.45) is 5.92 Å². The van der Waals surface area contributed by atoms with E-state index in [2.05, 4.69) is 22.1 Å². The van der Waals surface area contributed by atoms with Gasteiger partial charge in [-0.05, 0) is 44.4 Å². The molecule has 172 valence electrons. The van der Waals surface area contributed by atoms with Gasteiger partial charge in [0.2, 0.25) is 0 Å². The first-order valence-electron chi connectivity index (χ1n) is 11.3. The minimum absolute atomic E-state index is 0.0940. The lowest BCUT2D eigenvalue weighted by atomic mass is 9.85. The Morgan fingerprint density at radius 3 is 2.29 bits per heavy atom. The molecule has 3 aliphatic rings. The Hall–Kier alpha value is -1.58. The van der Waals surface area contributed by atoms with Crippen molar-refractivity contribution in [3.8, 4) is 0 Å². The number of carbonyl (C=O) groups is 2. The van der Waals surface area contributed by atoms with E-state index in [-0.39, 0.29) is 24.1 Å². The Balaban J connectivity index is 1.40. The molecule has 2 saturated heterocycles. The molecule has 2 aliphatic heterocycles. The highest BCUT2D eigenvalue weighted by Crippen LogP contribution is 2.32. The average Bonchev–Trinajstić information content (AvgIpc) is 3.20. The summed E-state index contributed by atoms with van der Waals surface area (Å²) in [6.45, 7) is 6.17. The summed E-state index contributed by atoms with van der Waals surface area (Å²) in [6, 6.07) is 0.367. The number of carbonyl (C=O) groups excluding carboxylic acids is 2. The molecule has 1 N–H and O–H groups in total. The number of anilines is 1. The first kappa shape index (κ1) is 22.6. The van der Waals surface area contributed by atoms with Gasteiger partial charge in [0, 0.05) is 38.3 Å². The third-order valence-corrected chi connectivity index (χ3v) is 7.74. The highest BCUT2D eigenvalue weighted by Gasteiger charge is 2.36. The Labute approximate surface area is 192 Å². The third kappa shape index (κ3) is 5.62. The maximum absolute atomic E-state index is 13.3. The molecule has 3 fully saturated rings. The lowest BCUT2D eigenvalue weighted by molar-refractivity contribution is 0.0362. The number of nitrogens with one attached hydrogen (secondary N) is 1. The second-order valence-corrected chi connectivity index (χ2v) is 10.5. The predicted octanol–water partition coefficient (Wildman–Crippen LogP) is 4.13. The zero-order chi connectivity index (χ0) is 21.8. The summed E-state index contributed by atoms with van der Waals surface area (Å²) >= 11 is 7.26. The van der Waals surface area contributed by atoms with Crippen LogP contribution in [0.25, 0.3) is 0 Å². The van der Waals surface area contributed by atoms with E-state index in [9.17, 15) is 9.59 Å². The molecule has 4 amide bonds. The third-order valence-electron chi connectivity index (χ3n) is 6.71. The van der Waals surface area contributed by atoms with Crippen LogP contribution < -0.4 is 5.32 Å². The molecule has 1 aromatic rings. The van der Waals surface area contributed by atoms with Crippen LogP contribution in [0, 0.1) is 5.92 Å². The van der Waals surface area contributed by atoms with Crippen molar-refractivity contribution < 1.29 is 14.3 Å². The Kier molecular flexibility index (Phi) is 7.55. The van der Waals surface area contributed by atoms with Crippen molar-refractivity contribution in [2.75, 3.05) is 44.7 Å². The number of likely N-dealkylation sites (tertiary alicyclic amines) is 1. The lowest BCUT2D eigenvalue weighted by Gasteiger charge is -2.44. The van der Waals surface area contributed by atoms with Crippen LogP contribution in [0.15, 0.2) is 6.20 Å². The number of halogens is 1. The number of amides is 4. The van der Waals surface area contributed by atoms with Gasteiger partial charge < -0.3 is 19.4 Å². The zero-order valence-electron chi connectivity index (χ0n) is 18.1. The van der Waals surface area contributed by atoms with Crippen LogP contribution in [0.4, 0.5) is 14.7 Å². The Bertz CT molecular complexity index is 756. The maximum atomic E-state index is 13.3. The van der Waals surface area contributed by atoms with Crippen molar-refractivity contribution >= 4 is 40.1 Å². The fourth-order valence-electron chi connectivity index (χ4n) is 4.91. The summed E-state index contributed by atoms with van der Waals surface area (Å²) in [6.07, 6.45) is 7.50. The summed E-state index contributed by atoms with van der Waals surface area (Å²) in [5, 5.41) is 3.49. The highest BCUT2D eigenvalue weighted by molar-refractivity contribution is 7.19. The number of hydrogen-bond donors (Lipinski definition) is 1. The van der Waals surface area contributed by atoms with Gasteiger partial charge in [0.25, 0.3) is 0 Å². The van der Waals surface area contributed by atoms with E-state index < -0.39 is 0 Å². The van der Waals surface area contributed by atoms with E-state index >= 15 is 0 Å². The number of thiazole rings is 1. The summed E-state index contributed by atoms with van der Waals surface area (Å²) < 4.78 is 5.92. The molecule has 3 heterocycles. The fraction of sp³-hybridized carbons (Fsp3) is 0.762. The fourth-order valence-corrected chi connectivity index (χ4v) is 5.71. The van der Waals surface area contributed by atoms with Gasteiger partial charge in [0.05, 0.1) is 19.4 Å². The normalized spacial score (nSPS) is 25.4. The molecule has 31 heavy (non-hydrogen) atoms. The maximum Gasteiger partial charge on any atom is 0.324 e. The predicted molar refractivity (Wildman–Crippen MR) is 122 cm³/mol. The monoisotopic (exact) mass is 469 g/mol. The molecule has 0 aromatic carbocycles. The standard InChI is InChI=1S/C21H32ClN5O3S/c1-15-2-4-16(5-3-15)27(20(28)24-19-23-14-18(22)31-19)17-6-8-25(9-7-17)21(29)26-10-12-30-13-11-26/h14-17H,2-13H2,1H3,(H,23,24,28). The average molecular weight is 470 g/mol. The van der Waals surface area contributed by atoms with Crippen LogP contribution in [0.3, 0.4) is 0 Å². The molecule has 0 spiro atoms. The molecule has 4 rings (SSSR count). The number of nitrogens with zero attached hydrogens (tertiary/aromatic N) is 4. The van der Waals surface area contributed by atoms with Gasteiger partial charge >= 0.3 is 12.1 Å². The van der Waals surface area contributed by atoms with Crippen molar-refractivity contribution in [3.05, 3.63) is 10.5 Å². The number of aromatic nitrogens is 1. The van der Waals surface area contributed by atoms with Crippen molar-refractivity contribution in [1.29, 1.82) is 0 Å². The molecular formula is C21H32ClN5O3S. The minimum Gasteiger partial charge on any atom is -0.378 e. The summed E-state index contributed by atoms with van der Waals surface area (Å²) in [5.41, 5.74) is 0. The van der Waals surface area contributed by atoms with Crippen LogP contribution in [0.5, 0.6) is 0 Å². The molecule has 10 heteroatoms. The van der Waals surface area contributed by atoms with Crippen LogP contribution in [0.2, 0.25) is 4.34 Å². The molecule has 8 nitrogen and oxygen atoms in total. The van der Waals surface area contributed by atoms with Gasteiger partial charge in [-0.25, -0.2) is 14.6 Å². The molecule has 0 radical (unpaired) electrons. The van der Waals surface area contributed by atoms with Crippen molar-refractivity contribution in [1.82, 2.24) is 19.7 Å². The van der Waals surface area contributed by atoms with E-state index in [4.69, 9.17) is 16.3 Å². The topological polar surface area (TPSA) is 78.0 Å². The smallest absolute Gasteiger partial charge is 0.324 e. The van der Waals surface area contributed by atoms with E-state index in [1.165, 1.54) is 11.3 Å². The van der Waals surface area contributed by atoms with Gasteiger partial charge in [-0.2, -0.15) is 0 Å². The van der Waals surface area contributed by atoms with Crippen molar-refractivity contribution in [3.63, 3.8) is 0 Å². The van der Waals surface area contributed by atoms with Gasteiger partial charge in [0.1, 0.15) is 4.34 Å². The van der Waals surface area contributed by atoms with E-state index in [0.29, 0.717) is 54.8 Å². The summed E-state index contributed by atoms with van der Waals surface area (Å²) in [7, 11) is 0. The minimum atomic E-state index is -0.0940. The molecule has 0 bridgehead atoms. The zero-order valence-corrected chi connectivity index (χ0v) is 19.7. The number of rotatable bonds is 3. The highest BCUT2D eigenvalue weighted by atomic mass is 35.5. The van der Waals surface area contributed by atoms with Crippen LogP contribution in [0.1, 0.15) is 45.4 Å². The van der Waals surface area contributed by atoms with E-state index in [1.807, 2.05) is 9.80 Å². The number of ether oxygens (including phenoxy) is 1. The number of urea groups is 2. The number of hydrogen-bond acceptors (Lipinski definition) is 5. The molecule has 1 aromatic heterocycles. The van der Waals surface area contributed by atoms with Gasteiger partial charge in [-0.15, -0.1) is 0 Å². The second-order valence-electron chi connectivity index (χ2n) is 8.82. The first-order valence-corrected chi connectivity index (χ1v) is 12.5. The molecule has 1 saturated carbocycles. The van der Waals surface area contributed by atoms with E-state index in [1.54, 1.807) is 6.20 Å². The molecule has 0 unspecified atom stereocenters. The Morgan fingerprint density at radius 1 is 1.06 bits per heavy atom. The Morgan fingerprint density at radius 2 is 1.68 bits per heavy atom. The van der Waals surface area contributed by atoms with E-state index in [0.717, 1.165) is 38.5 Å². The SMILES string of the molecule is CC1CCC(N(C(=O)Nc2ncc(Cl)s2)C2CCN(C(=O)N3CCOCC3)CC2)CC1. The number of morpholine rings is 1. The van der Waals surface area contributed by atoms with Crippen LogP contribution in [-0.4, -0.2) is 83.2 Å². The van der Waals surface area contributed by atoms with Crippen LogP contribution in [-0.2, 0) is 4.74 Å². The summed E-state index contributed by atoms with van der Waals surface area (Å²) in [5.74, 6) is 0.715. The molecular weight excluding hydrogens is 438 g/mol. The molecule has 0 atom stereocenters. The van der Waals surface area contributed by atoms with Gasteiger partial charge in [-0.1, -0.05) is 29.9 Å². The van der Waals surface area contributed by atoms with Crippen molar-refractivity contribution in [2.45, 2.75) is 57.5 Å². The van der Waals surface area contributed by atoms with Gasteiger partial charge in [0.15, 0.2) is 5.13 Å². The van der Waals surface area contributed by atoms with Crippen LogP contribution >= 0.6 is 22.9 Å². The first-order chi connectivity index (χ1) is 15.0. The van der Waals surface area contributed by atoms with Gasteiger partial charge in [-0.3, -0.25) is 5.32 Å². The largest absolute Gasteiger partial charge is 0.378 e.